The van der Waals surface area contributed by atoms with E-state index in [1.54, 1.807) is 0 Å². The van der Waals surface area contributed by atoms with Crippen molar-refractivity contribution in [3.63, 3.8) is 0 Å². The topological polar surface area (TPSA) is 78.8 Å². The van der Waals surface area contributed by atoms with Gasteiger partial charge in [0.2, 0.25) is 5.91 Å². The number of imide groups is 1. The van der Waals surface area contributed by atoms with E-state index in [0.29, 0.717) is 6.42 Å². The van der Waals surface area contributed by atoms with E-state index in [1.807, 2.05) is 27.7 Å². The van der Waals surface area contributed by atoms with Crippen LogP contribution in [0.3, 0.4) is 0 Å². The second-order valence-electron chi connectivity index (χ2n) is 4.62. The number of rotatable bonds is 5. The van der Waals surface area contributed by atoms with E-state index in [0.717, 1.165) is 0 Å². The molecule has 92 valence electrons. The first-order valence-electron chi connectivity index (χ1n) is 5.41. The van der Waals surface area contributed by atoms with Crippen molar-refractivity contribution in [2.24, 2.45) is 17.0 Å². The van der Waals surface area contributed by atoms with Crippen LogP contribution in [-0.4, -0.2) is 22.7 Å². The van der Waals surface area contributed by atoms with E-state index in [-0.39, 0.29) is 29.9 Å². The van der Waals surface area contributed by atoms with E-state index in [2.05, 4.69) is 10.5 Å². The molecule has 0 aliphatic carbocycles. The molecule has 2 N–H and O–H groups in total. The minimum absolute atomic E-state index is 0.00731. The van der Waals surface area contributed by atoms with Crippen LogP contribution in [0, 0.1) is 11.8 Å². The highest BCUT2D eigenvalue weighted by molar-refractivity contribution is 6.41. The third-order valence-corrected chi connectivity index (χ3v) is 1.83. The lowest BCUT2D eigenvalue weighted by Crippen LogP contribution is -2.37. The summed E-state index contributed by atoms with van der Waals surface area (Å²) in [7, 11) is 0. The van der Waals surface area contributed by atoms with Gasteiger partial charge in [-0.25, -0.2) is 0 Å². The molecule has 0 atom stereocenters. The zero-order chi connectivity index (χ0) is 12.7. The van der Waals surface area contributed by atoms with Gasteiger partial charge in [0.1, 0.15) is 5.71 Å². The Kier molecular flexibility index (Phi) is 6.37. The molecule has 0 aliphatic heterocycles. The maximum absolute atomic E-state index is 11.5. The Balaban J connectivity index is 4.28. The summed E-state index contributed by atoms with van der Waals surface area (Å²) < 4.78 is 0. The van der Waals surface area contributed by atoms with Crippen molar-refractivity contribution in [1.82, 2.24) is 5.32 Å². The zero-order valence-electron chi connectivity index (χ0n) is 10.3. The van der Waals surface area contributed by atoms with Crippen LogP contribution < -0.4 is 5.32 Å². The molecule has 0 saturated heterocycles. The molecule has 0 aromatic carbocycles. The van der Waals surface area contributed by atoms with E-state index in [4.69, 9.17) is 5.21 Å². The van der Waals surface area contributed by atoms with Crippen LogP contribution in [0.15, 0.2) is 5.16 Å². The fourth-order valence-corrected chi connectivity index (χ4v) is 1.19. The first kappa shape index (κ1) is 14.6. The first-order chi connectivity index (χ1) is 7.36. The van der Waals surface area contributed by atoms with Crippen LogP contribution in [0.5, 0.6) is 0 Å². The molecular weight excluding hydrogens is 208 g/mol. The van der Waals surface area contributed by atoms with Crippen molar-refractivity contribution in [1.29, 1.82) is 0 Å². The average molecular weight is 228 g/mol. The molecule has 0 saturated carbocycles. The Labute approximate surface area is 95.9 Å². The minimum atomic E-state index is -0.609. The highest BCUT2D eigenvalue weighted by Crippen LogP contribution is 2.03. The Morgan fingerprint density at radius 1 is 1.12 bits per heavy atom. The SMILES string of the molecule is CC(C)CC(=O)NC(=O)/C(CC(C)C)=N\O. The third-order valence-electron chi connectivity index (χ3n) is 1.83. The normalized spacial score (nSPS) is 12.0. The van der Waals surface area contributed by atoms with Gasteiger partial charge in [-0.05, 0) is 11.8 Å². The van der Waals surface area contributed by atoms with Gasteiger partial charge in [-0.3, -0.25) is 14.9 Å². The van der Waals surface area contributed by atoms with E-state index in [1.165, 1.54) is 0 Å². The third kappa shape index (κ3) is 6.16. The monoisotopic (exact) mass is 228 g/mol. The molecule has 5 heteroatoms. The van der Waals surface area contributed by atoms with Gasteiger partial charge in [-0.2, -0.15) is 0 Å². The minimum Gasteiger partial charge on any atom is -0.410 e. The quantitative estimate of drug-likeness (QED) is 0.425. The maximum atomic E-state index is 11.5. The molecule has 0 bridgehead atoms. The Bertz CT molecular complexity index is 283. The average Bonchev–Trinajstić information content (AvgIpc) is 2.11. The highest BCUT2D eigenvalue weighted by Gasteiger charge is 2.17. The number of carbonyl (C=O) groups is 2. The largest absolute Gasteiger partial charge is 0.410 e. The van der Waals surface area contributed by atoms with Crippen LogP contribution in [0.25, 0.3) is 0 Å². The van der Waals surface area contributed by atoms with Crippen molar-refractivity contribution in [3.05, 3.63) is 0 Å². The summed E-state index contributed by atoms with van der Waals surface area (Å²) in [5.41, 5.74) is -0.00731. The summed E-state index contributed by atoms with van der Waals surface area (Å²) >= 11 is 0. The van der Waals surface area contributed by atoms with Gasteiger partial charge < -0.3 is 5.21 Å². The lowest BCUT2D eigenvalue weighted by atomic mass is 10.1. The first-order valence-corrected chi connectivity index (χ1v) is 5.41. The van der Waals surface area contributed by atoms with E-state index in [9.17, 15) is 9.59 Å². The Hall–Kier alpha value is -1.39. The van der Waals surface area contributed by atoms with Crippen LogP contribution in [0.4, 0.5) is 0 Å². The number of nitrogens with zero attached hydrogens (tertiary/aromatic N) is 1. The predicted octanol–water partition coefficient (Wildman–Crippen LogP) is 1.55. The molecular formula is C11H20N2O3. The van der Waals surface area contributed by atoms with Gasteiger partial charge in [0.15, 0.2) is 0 Å². The Morgan fingerprint density at radius 2 is 1.62 bits per heavy atom. The van der Waals surface area contributed by atoms with E-state index >= 15 is 0 Å². The van der Waals surface area contributed by atoms with Gasteiger partial charge in [0, 0.05) is 12.8 Å². The number of hydrogen-bond acceptors (Lipinski definition) is 4. The van der Waals surface area contributed by atoms with E-state index < -0.39 is 5.91 Å². The molecule has 0 rings (SSSR count). The van der Waals surface area contributed by atoms with Crippen molar-refractivity contribution in [2.75, 3.05) is 0 Å². The summed E-state index contributed by atoms with van der Waals surface area (Å²) in [5, 5.41) is 13.8. The van der Waals surface area contributed by atoms with Crippen LogP contribution in [0.2, 0.25) is 0 Å². The molecule has 0 radical (unpaired) electrons. The molecule has 2 amide bonds. The zero-order valence-corrected chi connectivity index (χ0v) is 10.3. The van der Waals surface area contributed by atoms with Gasteiger partial charge >= 0.3 is 0 Å². The number of oxime groups is 1. The van der Waals surface area contributed by atoms with Gasteiger partial charge in [-0.15, -0.1) is 0 Å². The molecule has 5 nitrogen and oxygen atoms in total. The molecule has 0 aromatic heterocycles. The molecule has 0 fully saturated rings. The van der Waals surface area contributed by atoms with Crippen molar-refractivity contribution in [3.8, 4) is 0 Å². The standard InChI is InChI=1S/C11H20N2O3/c1-7(2)5-9(13-16)11(15)12-10(14)6-8(3)4/h7-8,16H,5-6H2,1-4H3,(H,12,14,15)/b13-9-. The second kappa shape index (κ2) is 6.98. The highest BCUT2D eigenvalue weighted by atomic mass is 16.4. The summed E-state index contributed by atoms with van der Waals surface area (Å²) in [6, 6.07) is 0. The van der Waals surface area contributed by atoms with Crippen LogP contribution in [-0.2, 0) is 9.59 Å². The molecule has 0 aliphatic rings. The fourth-order valence-electron chi connectivity index (χ4n) is 1.19. The summed E-state index contributed by atoms with van der Waals surface area (Å²) in [6.45, 7) is 7.57. The van der Waals surface area contributed by atoms with Gasteiger partial charge in [-0.1, -0.05) is 32.9 Å². The molecule has 16 heavy (non-hydrogen) atoms. The van der Waals surface area contributed by atoms with Crippen molar-refractivity contribution in [2.45, 2.75) is 40.5 Å². The van der Waals surface area contributed by atoms with Gasteiger partial charge in [0.25, 0.3) is 5.91 Å². The molecule has 0 heterocycles. The smallest absolute Gasteiger partial charge is 0.275 e. The summed E-state index contributed by atoms with van der Waals surface area (Å²) in [4.78, 5) is 22.8. The fraction of sp³-hybridized carbons (Fsp3) is 0.727. The maximum Gasteiger partial charge on any atom is 0.275 e. The Morgan fingerprint density at radius 3 is 2.00 bits per heavy atom. The lowest BCUT2D eigenvalue weighted by molar-refractivity contribution is -0.127. The van der Waals surface area contributed by atoms with Crippen LogP contribution in [0.1, 0.15) is 40.5 Å². The van der Waals surface area contributed by atoms with Crippen molar-refractivity contribution < 1.29 is 14.8 Å². The van der Waals surface area contributed by atoms with Crippen molar-refractivity contribution >= 4 is 17.5 Å². The molecule has 0 unspecified atom stereocenters. The predicted molar refractivity (Wildman–Crippen MR) is 61.3 cm³/mol. The molecule has 0 aromatic rings. The second-order valence-corrected chi connectivity index (χ2v) is 4.62. The summed E-state index contributed by atoms with van der Waals surface area (Å²) in [5.74, 6) is -0.573. The number of hydrogen-bond donors (Lipinski definition) is 2. The number of amides is 2. The number of nitrogens with one attached hydrogen (secondary N) is 1. The number of carbonyl (C=O) groups excluding carboxylic acids is 2. The lowest BCUT2D eigenvalue weighted by Gasteiger charge is -2.08. The van der Waals surface area contributed by atoms with Gasteiger partial charge in [0.05, 0.1) is 0 Å². The van der Waals surface area contributed by atoms with Crippen LogP contribution >= 0.6 is 0 Å². The summed E-state index contributed by atoms with van der Waals surface area (Å²) in [6.07, 6.45) is 0.628. The molecule has 0 spiro atoms.